The SMILES string of the molecule is CCCC(C)Oc1nc(N(C(=O)OC(C)(C)C)C(=O)OC(C)(C)C)c2c(n1)c(CCCCCN1CCCCC1)c(C#N)n2COCC[Si](C)(C)C. The van der Waals surface area contributed by atoms with Gasteiger partial charge < -0.3 is 28.4 Å². The summed E-state index contributed by atoms with van der Waals surface area (Å²) in [5, 5.41) is 10.7. The van der Waals surface area contributed by atoms with E-state index in [-0.39, 0.29) is 24.7 Å². The molecule has 2 aromatic heterocycles. The van der Waals surface area contributed by atoms with Crippen LogP contribution in [0, 0.1) is 11.3 Å². The molecule has 13 heteroatoms. The molecule has 1 aliphatic heterocycles. The predicted octanol–water partition coefficient (Wildman–Crippen LogP) is 9.06. The number of unbranched alkanes of at least 4 members (excludes halogenated alkanes) is 2. The largest absolute Gasteiger partial charge is 0.460 e. The first-order valence-corrected chi connectivity index (χ1v) is 22.6. The summed E-state index contributed by atoms with van der Waals surface area (Å²) in [5.74, 6) is -0.0798. The number of nitriles is 1. The molecule has 286 valence electrons. The van der Waals surface area contributed by atoms with Gasteiger partial charge in [-0.25, -0.2) is 9.59 Å². The average molecular weight is 729 g/mol. The van der Waals surface area contributed by atoms with Crippen molar-refractivity contribution in [1.29, 1.82) is 5.26 Å². The first-order chi connectivity index (χ1) is 23.8. The number of ether oxygens (including phenoxy) is 4. The van der Waals surface area contributed by atoms with Gasteiger partial charge in [0.1, 0.15) is 40.7 Å². The van der Waals surface area contributed by atoms with Crippen molar-refractivity contribution in [3.63, 3.8) is 0 Å². The summed E-state index contributed by atoms with van der Waals surface area (Å²) in [6.45, 7) is 25.1. The van der Waals surface area contributed by atoms with Crippen LogP contribution < -0.4 is 9.64 Å². The minimum Gasteiger partial charge on any atom is -0.460 e. The van der Waals surface area contributed by atoms with E-state index in [4.69, 9.17) is 28.9 Å². The van der Waals surface area contributed by atoms with Crippen LogP contribution in [0.5, 0.6) is 6.01 Å². The molecule has 1 fully saturated rings. The van der Waals surface area contributed by atoms with Gasteiger partial charge in [0.05, 0.1) is 6.10 Å². The van der Waals surface area contributed by atoms with Gasteiger partial charge in [-0.1, -0.05) is 45.8 Å². The van der Waals surface area contributed by atoms with Crippen LogP contribution in [0.4, 0.5) is 15.4 Å². The third kappa shape index (κ3) is 13.4. The van der Waals surface area contributed by atoms with Crippen LogP contribution in [0.15, 0.2) is 0 Å². The van der Waals surface area contributed by atoms with Crippen LogP contribution in [-0.4, -0.2) is 83.2 Å². The molecular weight excluding hydrogens is 665 g/mol. The monoisotopic (exact) mass is 728 g/mol. The minimum atomic E-state index is -1.41. The van der Waals surface area contributed by atoms with Crippen molar-refractivity contribution in [1.82, 2.24) is 19.4 Å². The number of anilines is 1. The summed E-state index contributed by atoms with van der Waals surface area (Å²) in [4.78, 5) is 40.9. The van der Waals surface area contributed by atoms with E-state index in [0.717, 1.165) is 62.7 Å². The van der Waals surface area contributed by atoms with Crippen molar-refractivity contribution in [2.45, 2.75) is 163 Å². The fraction of sp³-hybridized carbons (Fsp3) is 0.763. The minimum absolute atomic E-state index is 0.00297. The lowest BCUT2D eigenvalue weighted by molar-refractivity contribution is 0.0428. The van der Waals surface area contributed by atoms with Crippen molar-refractivity contribution >= 4 is 37.1 Å². The van der Waals surface area contributed by atoms with Crippen molar-refractivity contribution < 1.29 is 28.5 Å². The van der Waals surface area contributed by atoms with Crippen LogP contribution in [-0.2, 0) is 27.4 Å². The number of aryl methyl sites for hydroxylation is 1. The first kappa shape index (κ1) is 42.2. The number of carbonyl (C=O) groups is 2. The highest BCUT2D eigenvalue weighted by atomic mass is 28.3. The highest BCUT2D eigenvalue weighted by Gasteiger charge is 2.38. The molecule has 3 heterocycles. The Morgan fingerprint density at radius 3 is 2.14 bits per heavy atom. The van der Waals surface area contributed by atoms with Crippen molar-refractivity contribution in [2.24, 2.45) is 0 Å². The second kappa shape index (κ2) is 18.5. The third-order valence-electron chi connectivity index (χ3n) is 8.49. The highest BCUT2D eigenvalue weighted by molar-refractivity contribution is 6.76. The summed E-state index contributed by atoms with van der Waals surface area (Å²) in [6.07, 6.45) is 6.75. The van der Waals surface area contributed by atoms with Gasteiger partial charge in [0.25, 0.3) is 0 Å². The van der Waals surface area contributed by atoms with Gasteiger partial charge in [0.2, 0.25) is 0 Å². The molecule has 2 aromatic rings. The Bertz CT molecular complexity index is 1470. The molecule has 0 N–H and O–H groups in total. The molecule has 1 unspecified atom stereocenters. The quantitative estimate of drug-likeness (QED) is 0.122. The molecule has 2 amide bonds. The van der Waals surface area contributed by atoms with Gasteiger partial charge in [-0.15, -0.1) is 0 Å². The van der Waals surface area contributed by atoms with E-state index in [1.807, 2.05) is 6.92 Å². The maximum absolute atomic E-state index is 14.0. The second-order valence-electron chi connectivity index (χ2n) is 17.0. The molecule has 0 aromatic carbocycles. The van der Waals surface area contributed by atoms with Gasteiger partial charge in [0.15, 0.2) is 5.82 Å². The third-order valence-corrected chi connectivity index (χ3v) is 10.2. The number of rotatable bonds is 16. The number of carbonyl (C=O) groups excluding carboxylic acids is 2. The van der Waals surface area contributed by atoms with Gasteiger partial charge >= 0.3 is 18.2 Å². The van der Waals surface area contributed by atoms with E-state index >= 15 is 0 Å². The molecule has 1 atom stereocenters. The number of likely N-dealkylation sites (tertiary alicyclic amines) is 1. The summed E-state index contributed by atoms with van der Waals surface area (Å²) >= 11 is 0. The Morgan fingerprint density at radius 2 is 1.59 bits per heavy atom. The number of hydrogen-bond acceptors (Lipinski definition) is 10. The second-order valence-corrected chi connectivity index (χ2v) is 22.6. The van der Waals surface area contributed by atoms with Crippen LogP contribution in [0.25, 0.3) is 11.0 Å². The van der Waals surface area contributed by atoms with E-state index in [9.17, 15) is 14.9 Å². The molecule has 3 rings (SSSR count). The fourth-order valence-electron chi connectivity index (χ4n) is 6.01. The normalized spacial score (nSPS) is 15.0. The molecule has 0 saturated carbocycles. The van der Waals surface area contributed by atoms with E-state index in [0.29, 0.717) is 35.3 Å². The number of hydrogen-bond donors (Lipinski definition) is 0. The number of amides is 2. The van der Waals surface area contributed by atoms with Crippen LogP contribution in [0.3, 0.4) is 0 Å². The summed E-state index contributed by atoms with van der Waals surface area (Å²) in [5.41, 5.74) is -0.0389. The highest BCUT2D eigenvalue weighted by Crippen LogP contribution is 2.36. The molecular formula is C38H64N6O6Si. The Morgan fingerprint density at radius 1 is 0.961 bits per heavy atom. The predicted molar refractivity (Wildman–Crippen MR) is 204 cm³/mol. The Hall–Kier alpha value is -3.21. The Balaban J connectivity index is 2.22. The molecule has 0 spiro atoms. The summed E-state index contributed by atoms with van der Waals surface area (Å²) < 4.78 is 25.7. The zero-order chi connectivity index (χ0) is 38.0. The van der Waals surface area contributed by atoms with E-state index in [1.54, 1.807) is 46.1 Å². The topological polar surface area (TPSA) is 132 Å². The molecule has 51 heavy (non-hydrogen) atoms. The zero-order valence-corrected chi connectivity index (χ0v) is 34.3. The maximum atomic E-state index is 14.0. The molecule has 12 nitrogen and oxygen atoms in total. The van der Waals surface area contributed by atoms with Gasteiger partial charge in [-0.05, 0) is 113 Å². The first-order valence-electron chi connectivity index (χ1n) is 18.9. The number of piperidine rings is 1. The van der Waals surface area contributed by atoms with Gasteiger partial charge in [-0.2, -0.15) is 20.1 Å². The molecule has 0 bridgehead atoms. The maximum Gasteiger partial charge on any atom is 0.425 e. The standard InChI is InChI=1S/C38H64N6O6Si/c1-12-19-28(2)48-34-40-31-29(20-15-13-16-21-42-22-17-14-18-23-42)30(26-39)43(27-47-24-25-51(9,10)11)32(31)33(41-34)44(35(45)49-37(3,4)5)36(46)50-38(6,7)8/h28H,12-25,27H2,1-11H3. The lowest BCUT2D eigenvalue weighted by atomic mass is 10.1. The molecule has 0 aliphatic carbocycles. The van der Waals surface area contributed by atoms with Gasteiger partial charge in [-0.3, -0.25) is 0 Å². The molecule has 1 saturated heterocycles. The zero-order valence-electron chi connectivity index (χ0n) is 33.3. The van der Waals surface area contributed by atoms with Crippen molar-refractivity contribution in [2.75, 3.05) is 31.1 Å². The van der Waals surface area contributed by atoms with Gasteiger partial charge in [0, 0.05) is 20.2 Å². The summed E-state index contributed by atoms with van der Waals surface area (Å²) in [7, 11) is -1.41. The van der Waals surface area contributed by atoms with E-state index in [1.165, 1.54) is 19.3 Å². The number of aromatic nitrogens is 3. The van der Waals surface area contributed by atoms with Crippen LogP contribution >= 0.6 is 0 Å². The molecule has 0 radical (unpaired) electrons. The smallest absolute Gasteiger partial charge is 0.425 e. The number of imide groups is 1. The lowest BCUT2D eigenvalue weighted by Gasteiger charge is -2.28. The van der Waals surface area contributed by atoms with E-state index in [2.05, 4.69) is 37.5 Å². The van der Waals surface area contributed by atoms with Crippen LogP contribution in [0.1, 0.15) is 118 Å². The van der Waals surface area contributed by atoms with Crippen molar-refractivity contribution in [3.8, 4) is 12.1 Å². The summed E-state index contributed by atoms with van der Waals surface area (Å²) in [6, 6.07) is 3.34. The fourth-order valence-corrected chi connectivity index (χ4v) is 6.77. The Kier molecular flexibility index (Phi) is 15.3. The van der Waals surface area contributed by atoms with E-state index < -0.39 is 31.5 Å². The van der Waals surface area contributed by atoms with Crippen molar-refractivity contribution in [3.05, 3.63) is 11.3 Å². The Labute approximate surface area is 307 Å². The number of fused-ring (bicyclic) bond motifs is 1. The molecule has 1 aliphatic rings. The number of nitrogens with zero attached hydrogens (tertiary/aromatic N) is 6. The van der Waals surface area contributed by atoms with Crippen LogP contribution in [0.2, 0.25) is 25.7 Å². The lowest BCUT2D eigenvalue weighted by Crippen LogP contribution is -2.44. The average Bonchev–Trinajstić information content (AvgIpc) is 3.29.